The van der Waals surface area contributed by atoms with Gasteiger partial charge in [0.1, 0.15) is 0 Å². The third-order valence-electron chi connectivity index (χ3n) is 6.42. The van der Waals surface area contributed by atoms with E-state index < -0.39 is 0 Å². The monoisotopic (exact) mass is 415 g/mol. The number of likely N-dealkylation sites (N-methyl/N-ethyl adjacent to an activating group) is 1. The van der Waals surface area contributed by atoms with Crippen molar-refractivity contribution in [2.24, 2.45) is 0 Å². The Morgan fingerprint density at radius 2 is 1.76 bits per heavy atom. The molecule has 1 N–H and O–H groups in total. The Bertz CT molecular complexity index is 674. The van der Waals surface area contributed by atoms with Crippen LogP contribution in [0.1, 0.15) is 50.2 Å². The number of hydrogen-bond donors (Lipinski definition) is 1. The summed E-state index contributed by atoms with van der Waals surface area (Å²) in [5.74, 6) is 0.194. The molecule has 1 aromatic carbocycles. The zero-order valence-electron chi connectivity index (χ0n) is 15.7. The van der Waals surface area contributed by atoms with Crippen molar-refractivity contribution in [1.29, 1.82) is 0 Å². The number of aryl methyl sites for hydroxylation is 2. The van der Waals surface area contributed by atoms with Crippen LogP contribution >= 0.6 is 0 Å². The summed E-state index contributed by atoms with van der Waals surface area (Å²) < 4.78 is 0.969. The maximum Gasteiger partial charge on any atom is 0.285 e. The van der Waals surface area contributed by atoms with Crippen LogP contribution < -0.4 is 5.32 Å². The average Bonchev–Trinajstić information content (AvgIpc) is 2.99. The first-order valence-corrected chi connectivity index (χ1v) is 9.14. The number of carbonyl (C=O) groups is 1. The van der Waals surface area contributed by atoms with E-state index in [0.29, 0.717) is 5.69 Å². The van der Waals surface area contributed by atoms with Crippen LogP contribution in [-0.2, 0) is 37.5 Å². The van der Waals surface area contributed by atoms with E-state index in [-0.39, 0.29) is 44.2 Å². The van der Waals surface area contributed by atoms with Gasteiger partial charge in [0, 0.05) is 64.1 Å². The van der Waals surface area contributed by atoms with Gasteiger partial charge in [-0.2, -0.15) is 0 Å². The molecule has 5 heteroatoms. The molecular formula is C20H28N3OY+. The Balaban J connectivity index is 0.00000225. The van der Waals surface area contributed by atoms with Gasteiger partial charge in [0.25, 0.3) is 5.91 Å². The average molecular weight is 415 g/mol. The van der Waals surface area contributed by atoms with Crippen LogP contribution in [0.3, 0.4) is 0 Å². The minimum atomic E-state index is -0.234. The van der Waals surface area contributed by atoms with Crippen LogP contribution in [0.5, 0.6) is 0 Å². The Morgan fingerprint density at radius 3 is 2.16 bits per heavy atom. The minimum Gasteiger partial charge on any atom is -0.320 e. The van der Waals surface area contributed by atoms with Crippen molar-refractivity contribution in [2.45, 2.75) is 58.4 Å². The molecule has 0 atom stereocenters. The molecule has 1 amide bonds. The third-order valence-corrected chi connectivity index (χ3v) is 6.42. The number of amides is 1. The van der Waals surface area contributed by atoms with Gasteiger partial charge in [0.05, 0.1) is 26.2 Å². The quantitative estimate of drug-likeness (QED) is 0.576. The molecule has 0 unspecified atom stereocenters. The van der Waals surface area contributed by atoms with Crippen molar-refractivity contribution in [3.63, 3.8) is 0 Å². The van der Waals surface area contributed by atoms with Gasteiger partial charge in [-0.05, 0) is 38.3 Å². The van der Waals surface area contributed by atoms with E-state index in [9.17, 15) is 4.79 Å². The molecule has 3 rings (SSSR count). The topological polar surface area (TPSA) is 33.5 Å². The van der Waals surface area contributed by atoms with Crippen LogP contribution in [0.4, 0.5) is 11.4 Å². The molecule has 0 spiro atoms. The van der Waals surface area contributed by atoms with E-state index in [1.165, 1.54) is 12.8 Å². The largest absolute Gasteiger partial charge is 0.320 e. The molecule has 1 saturated carbocycles. The number of hydrogen-bond acceptors (Lipinski definition) is 1. The number of anilines is 1. The molecule has 0 bridgehead atoms. The number of carbonyl (C=O) groups excluding carboxylic acids is 1. The predicted octanol–water partition coefficient (Wildman–Crippen LogP) is 4.34. The first-order valence-electron chi connectivity index (χ1n) is 9.14. The minimum absolute atomic E-state index is 0. The molecular weight excluding hydrogens is 387 g/mol. The molecule has 1 aliphatic heterocycles. The molecule has 1 heterocycles. The van der Waals surface area contributed by atoms with Gasteiger partial charge in [-0.3, -0.25) is 4.79 Å². The molecule has 4 nitrogen and oxygen atoms in total. The Morgan fingerprint density at radius 1 is 1.20 bits per heavy atom. The Hall–Kier alpha value is -0.756. The number of nitrogens with one attached hydrogen (secondary N) is 1. The number of nitrogens with zero attached hydrogens (tertiary/aromatic N) is 2. The predicted molar refractivity (Wildman–Crippen MR) is 97.2 cm³/mol. The van der Waals surface area contributed by atoms with Crippen LogP contribution in [-0.4, -0.2) is 35.6 Å². The molecule has 1 aliphatic carbocycles. The second kappa shape index (κ2) is 7.86. The zero-order valence-corrected chi connectivity index (χ0v) is 18.5. The smallest absolute Gasteiger partial charge is 0.285 e. The SMILES string of the molecule is [C-]#[N+]c1cc(C)c(NC(=O)C2([N+]3(CC)CCCC3)CCC2)c(C)c1.[Y]. The number of quaternary nitrogens is 1. The summed E-state index contributed by atoms with van der Waals surface area (Å²) >= 11 is 0. The fourth-order valence-corrected chi connectivity index (χ4v) is 4.85. The molecule has 131 valence electrons. The van der Waals surface area contributed by atoms with Gasteiger partial charge in [-0.25, -0.2) is 4.85 Å². The zero-order chi connectivity index (χ0) is 17.4. The third kappa shape index (κ3) is 3.32. The standard InChI is InChI=1S/C20H27N3O.Y/c1-5-23(11-6-7-12-23)20(9-8-10-20)19(24)22-18-15(2)13-17(21-4)14-16(18)3;/h13-14H,5-12H2,1-3H3;/p+1. The summed E-state index contributed by atoms with van der Waals surface area (Å²) in [5.41, 5.74) is 3.26. The van der Waals surface area contributed by atoms with Gasteiger partial charge in [-0.1, -0.05) is 12.1 Å². The van der Waals surface area contributed by atoms with E-state index in [0.717, 1.165) is 60.2 Å². The maximum atomic E-state index is 13.3. The normalized spacial score (nSPS) is 20.1. The number of likely N-dealkylation sites (tertiary alicyclic amines) is 1. The van der Waals surface area contributed by atoms with Crippen molar-refractivity contribution in [3.8, 4) is 0 Å². The molecule has 2 fully saturated rings. The van der Waals surface area contributed by atoms with Gasteiger partial charge in [0.2, 0.25) is 0 Å². The summed E-state index contributed by atoms with van der Waals surface area (Å²) in [7, 11) is 0. The van der Waals surface area contributed by atoms with Crippen LogP contribution in [0, 0.1) is 20.4 Å². The summed E-state index contributed by atoms with van der Waals surface area (Å²) in [5, 5.41) is 3.25. The summed E-state index contributed by atoms with van der Waals surface area (Å²) in [6, 6.07) is 3.73. The van der Waals surface area contributed by atoms with Gasteiger partial charge >= 0.3 is 0 Å². The summed E-state index contributed by atoms with van der Waals surface area (Å²) in [6.07, 6.45) is 5.64. The van der Waals surface area contributed by atoms with Gasteiger partial charge in [0.15, 0.2) is 11.2 Å². The van der Waals surface area contributed by atoms with Crippen molar-refractivity contribution >= 4 is 17.3 Å². The Kier molecular flexibility index (Phi) is 6.47. The fraction of sp³-hybridized carbons (Fsp3) is 0.600. The van der Waals surface area contributed by atoms with Crippen molar-refractivity contribution in [3.05, 3.63) is 34.7 Å². The van der Waals surface area contributed by atoms with E-state index in [2.05, 4.69) is 17.1 Å². The van der Waals surface area contributed by atoms with Crippen LogP contribution in [0.25, 0.3) is 4.85 Å². The Labute approximate surface area is 176 Å². The molecule has 25 heavy (non-hydrogen) atoms. The summed E-state index contributed by atoms with van der Waals surface area (Å²) in [4.78, 5) is 16.8. The number of benzene rings is 1. The van der Waals surface area contributed by atoms with Crippen molar-refractivity contribution in [1.82, 2.24) is 0 Å². The molecule has 1 aromatic rings. The second-order valence-electron chi connectivity index (χ2n) is 7.52. The van der Waals surface area contributed by atoms with E-state index in [1.807, 2.05) is 26.0 Å². The molecule has 0 aromatic heterocycles. The van der Waals surface area contributed by atoms with Crippen LogP contribution in [0.15, 0.2) is 12.1 Å². The van der Waals surface area contributed by atoms with Crippen molar-refractivity contribution in [2.75, 3.05) is 25.0 Å². The van der Waals surface area contributed by atoms with Gasteiger partial charge in [-0.15, -0.1) is 0 Å². The first-order chi connectivity index (χ1) is 11.5. The van der Waals surface area contributed by atoms with Crippen molar-refractivity contribution < 1.29 is 42.0 Å². The van der Waals surface area contributed by atoms with E-state index in [1.54, 1.807) is 0 Å². The number of rotatable bonds is 4. The molecule has 1 radical (unpaired) electrons. The van der Waals surface area contributed by atoms with E-state index >= 15 is 0 Å². The maximum absolute atomic E-state index is 13.3. The molecule has 2 aliphatic rings. The first kappa shape index (κ1) is 20.6. The molecule has 1 saturated heterocycles. The fourth-order valence-electron chi connectivity index (χ4n) is 4.85. The van der Waals surface area contributed by atoms with E-state index in [4.69, 9.17) is 6.57 Å². The van der Waals surface area contributed by atoms with Gasteiger partial charge < -0.3 is 9.80 Å². The second-order valence-corrected chi connectivity index (χ2v) is 7.52. The summed E-state index contributed by atoms with van der Waals surface area (Å²) in [6.45, 7) is 16.7. The van der Waals surface area contributed by atoms with Crippen LogP contribution in [0.2, 0.25) is 0 Å².